The van der Waals surface area contributed by atoms with Gasteiger partial charge in [-0.2, -0.15) is 0 Å². The van der Waals surface area contributed by atoms with Crippen molar-refractivity contribution in [2.75, 3.05) is 13.2 Å². The Morgan fingerprint density at radius 1 is 0.356 bits per heavy atom. The van der Waals surface area contributed by atoms with Gasteiger partial charge in [-0.25, -0.2) is 0 Å². The van der Waals surface area contributed by atoms with Crippen molar-refractivity contribution in [2.45, 2.75) is 194 Å². The van der Waals surface area contributed by atoms with Crippen LogP contribution >= 0.6 is 0 Å². The summed E-state index contributed by atoms with van der Waals surface area (Å²) in [6, 6.07) is 0. The first-order chi connectivity index (χ1) is 29.0. The van der Waals surface area contributed by atoms with Crippen LogP contribution in [-0.4, -0.2) is 37.2 Å². The van der Waals surface area contributed by atoms with Crippen LogP contribution in [0.15, 0.2) is 109 Å². The molecule has 6 heteroatoms. The van der Waals surface area contributed by atoms with Crippen LogP contribution < -0.4 is 0 Å². The summed E-state index contributed by atoms with van der Waals surface area (Å²) < 4.78 is 16.7. The van der Waals surface area contributed by atoms with Gasteiger partial charge in [0.2, 0.25) is 0 Å². The summed E-state index contributed by atoms with van der Waals surface area (Å²) in [5.41, 5.74) is 0. The Labute approximate surface area is 361 Å². The second kappa shape index (κ2) is 46.8. The van der Waals surface area contributed by atoms with Gasteiger partial charge in [-0.1, -0.05) is 201 Å². The molecule has 1 unspecified atom stereocenters. The van der Waals surface area contributed by atoms with Gasteiger partial charge in [-0.3, -0.25) is 14.4 Å². The zero-order valence-corrected chi connectivity index (χ0v) is 37.7. The van der Waals surface area contributed by atoms with Crippen LogP contribution in [-0.2, 0) is 28.6 Å². The van der Waals surface area contributed by atoms with Gasteiger partial charge in [-0.05, 0) is 77.0 Å². The molecule has 0 amide bonds. The minimum Gasteiger partial charge on any atom is -0.462 e. The Bertz CT molecular complexity index is 1260. The van der Waals surface area contributed by atoms with Crippen LogP contribution in [0, 0.1) is 0 Å². The molecule has 0 rings (SSSR count). The van der Waals surface area contributed by atoms with Gasteiger partial charge in [0.1, 0.15) is 13.2 Å². The minimum atomic E-state index is -0.805. The normalized spacial score (nSPS) is 13.1. The van der Waals surface area contributed by atoms with Crippen LogP contribution in [0.2, 0.25) is 0 Å². The summed E-state index contributed by atoms with van der Waals surface area (Å²) in [5, 5.41) is 0. The third kappa shape index (κ3) is 45.0. The van der Waals surface area contributed by atoms with Gasteiger partial charge in [0, 0.05) is 19.3 Å². The monoisotopic (exact) mass is 817 g/mol. The molecule has 332 valence electrons. The molecule has 0 aromatic heterocycles. The second-order valence-electron chi connectivity index (χ2n) is 15.1. The lowest BCUT2D eigenvalue weighted by atomic mass is 10.1. The number of hydrogen-bond donors (Lipinski definition) is 0. The van der Waals surface area contributed by atoms with Crippen LogP contribution in [0.4, 0.5) is 0 Å². The fourth-order valence-corrected chi connectivity index (χ4v) is 5.91. The van der Waals surface area contributed by atoms with E-state index >= 15 is 0 Å². The summed E-state index contributed by atoms with van der Waals surface area (Å²) in [4.78, 5) is 37.8. The second-order valence-corrected chi connectivity index (χ2v) is 15.1. The fraction of sp³-hybridized carbons (Fsp3) is 0.604. The highest BCUT2D eigenvalue weighted by molar-refractivity contribution is 5.71. The van der Waals surface area contributed by atoms with E-state index in [-0.39, 0.29) is 31.1 Å². The Hall–Kier alpha value is -3.93. The quantitative estimate of drug-likeness (QED) is 0.0201. The molecular formula is C53H84O6. The van der Waals surface area contributed by atoms with E-state index < -0.39 is 6.10 Å². The average molecular weight is 817 g/mol. The van der Waals surface area contributed by atoms with Crippen molar-refractivity contribution in [2.24, 2.45) is 0 Å². The molecule has 0 fully saturated rings. The zero-order chi connectivity index (χ0) is 43.0. The van der Waals surface area contributed by atoms with E-state index in [0.717, 1.165) is 103 Å². The van der Waals surface area contributed by atoms with Crippen molar-refractivity contribution < 1.29 is 28.6 Å². The van der Waals surface area contributed by atoms with E-state index in [4.69, 9.17) is 14.2 Å². The van der Waals surface area contributed by atoms with Crippen molar-refractivity contribution in [3.05, 3.63) is 109 Å². The topological polar surface area (TPSA) is 78.9 Å². The summed E-state index contributed by atoms with van der Waals surface area (Å²) in [6.07, 6.45) is 62.1. The molecule has 0 spiro atoms. The molecule has 0 aliphatic heterocycles. The largest absolute Gasteiger partial charge is 0.462 e. The molecule has 0 radical (unpaired) electrons. The number of carbonyl (C=O) groups excluding carboxylic acids is 3. The zero-order valence-electron chi connectivity index (χ0n) is 37.7. The number of allylic oxidation sites excluding steroid dienone is 18. The van der Waals surface area contributed by atoms with Crippen molar-refractivity contribution >= 4 is 17.9 Å². The van der Waals surface area contributed by atoms with Crippen molar-refractivity contribution in [1.82, 2.24) is 0 Å². The average Bonchev–Trinajstić information content (AvgIpc) is 3.23. The third-order valence-corrected chi connectivity index (χ3v) is 9.43. The van der Waals surface area contributed by atoms with Crippen LogP contribution in [0.3, 0.4) is 0 Å². The highest BCUT2D eigenvalue weighted by Crippen LogP contribution is 2.13. The molecule has 0 aromatic carbocycles. The maximum atomic E-state index is 12.8. The van der Waals surface area contributed by atoms with Crippen molar-refractivity contribution in [1.29, 1.82) is 0 Å². The SMILES string of the molecule is CC\C=C/C=C\C=C/C=C\C=C/CCCCCC(=O)OCC(COC(=O)CCCCCCC/C=C\CCCC)OC(=O)CCCCCCCCC\C=C/C=C\C=C/CC. The van der Waals surface area contributed by atoms with E-state index in [0.29, 0.717) is 19.3 Å². The number of rotatable bonds is 40. The third-order valence-electron chi connectivity index (χ3n) is 9.43. The summed E-state index contributed by atoms with van der Waals surface area (Å²) in [7, 11) is 0. The van der Waals surface area contributed by atoms with Gasteiger partial charge in [0.05, 0.1) is 0 Å². The molecular weight excluding hydrogens is 733 g/mol. The van der Waals surface area contributed by atoms with Gasteiger partial charge < -0.3 is 14.2 Å². The van der Waals surface area contributed by atoms with Gasteiger partial charge in [-0.15, -0.1) is 0 Å². The first kappa shape index (κ1) is 55.1. The number of hydrogen-bond acceptors (Lipinski definition) is 6. The molecule has 59 heavy (non-hydrogen) atoms. The lowest BCUT2D eigenvalue weighted by Crippen LogP contribution is -2.30. The Morgan fingerprint density at radius 2 is 0.678 bits per heavy atom. The number of unbranched alkanes of at least 4 members (excludes halogenated alkanes) is 17. The number of esters is 3. The standard InChI is InChI=1S/C53H84O6/c1-4-7-10-13-16-19-22-24-26-28-31-34-37-40-43-46-52(55)58-49-50(48-57-51(54)45-42-39-36-33-30-21-18-15-12-9-6-3)59-53(56)47-44-41-38-35-32-29-27-25-23-20-17-14-11-8-5-2/h7-8,10-11,13-20,22-24,26,28,31,50H,4-6,9,12,21,25,27,29-30,32-49H2,1-3H3/b10-7-,11-8-,16-13-,17-14-,18-15-,22-19-,23-20-,26-24-,31-28-. The molecule has 0 aliphatic carbocycles. The van der Waals surface area contributed by atoms with Crippen LogP contribution in [0.5, 0.6) is 0 Å². The molecule has 0 heterocycles. The molecule has 0 saturated heterocycles. The fourth-order valence-electron chi connectivity index (χ4n) is 5.91. The van der Waals surface area contributed by atoms with E-state index in [2.05, 4.69) is 81.5 Å². The Kier molecular flexibility index (Phi) is 43.6. The lowest BCUT2D eigenvalue weighted by Gasteiger charge is -2.18. The predicted molar refractivity (Wildman–Crippen MR) is 251 cm³/mol. The minimum absolute atomic E-state index is 0.104. The van der Waals surface area contributed by atoms with Crippen LogP contribution in [0.25, 0.3) is 0 Å². The Balaban J connectivity index is 4.51. The van der Waals surface area contributed by atoms with E-state index in [9.17, 15) is 14.4 Å². The predicted octanol–water partition coefficient (Wildman–Crippen LogP) is 15.2. The summed E-state index contributed by atoms with van der Waals surface area (Å²) in [5.74, 6) is -0.979. The lowest BCUT2D eigenvalue weighted by molar-refractivity contribution is -0.167. The van der Waals surface area contributed by atoms with E-state index in [1.165, 1.54) is 44.9 Å². The summed E-state index contributed by atoms with van der Waals surface area (Å²) >= 11 is 0. The Morgan fingerprint density at radius 3 is 1.10 bits per heavy atom. The van der Waals surface area contributed by atoms with Crippen molar-refractivity contribution in [3.8, 4) is 0 Å². The molecule has 0 N–H and O–H groups in total. The number of ether oxygens (including phenoxy) is 3. The van der Waals surface area contributed by atoms with E-state index in [1.54, 1.807) is 0 Å². The maximum Gasteiger partial charge on any atom is 0.306 e. The highest BCUT2D eigenvalue weighted by atomic mass is 16.6. The van der Waals surface area contributed by atoms with Crippen molar-refractivity contribution in [3.63, 3.8) is 0 Å². The smallest absolute Gasteiger partial charge is 0.306 e. The highest BCUT2D eigenvalue weighted by Gasteiger charge is 2.19. The molecule has 1 atom stereocenters. The molecule has 0 aliphatic rings. The summed E-state index contributed by atoms with van der Waals surface area (Å²) in [6.45, 7) is 6.24. The molecule has 0 aromatic rings. The molecule has 6 nitrogen and oxygen atoms in total. The maximum absolute atomic E-state index is 12.8. The van der Waals surface area contributed by atoms with E-state index in [1.807, 2.05) is 48.6 Å². The van der Waals surface area contributed by atoms with Gasteiger partial charge >= 0.3 is 17.9 Å². The van der Waals surface area contributed by atoms with Gasteiger partial charge in [0.15, 0.2) is 6.10 Å². The molecule has 0 bridgehead atoms. The van der Waals surface area contributed by atoms with Crippen LogP contribution in [0.1, 0.15) is 188 Å². The molecule has 0 saturated carbocycles. The first-order valence-corrected chi connectivity index (χ1v) is 23.5. The first-order valence-electron chi connectivity index (χ1n) is 23.5. The van der Waals surface area contributed by atoms with Gasteiger partial charge in [0.25, 0.3) is 0 Å². The number of carbonyl (C=O) groups is 3.